The van der Waals surface area contributed by atoms with Gasteiger partial charge < -0.3 is 0 Å². The number of aryl methyl sites for hydroxylation is 1. The van der Waals surface area contributed by atoms with Crippen LogP contribution in [0.25, 0.3) is 11.3 Å². The largest absolute Gasteiger partial charge is 0.223 e. The van der Waals surface area contributed by atoms with E-state index in [2.05, 4.69) is 9.97 Å². The Bertz CT molecular complexity index is 567. The minimum absolute atomic E-state index is 0.0795. The molecule has 0 radical (unpaired) electrons. The monoisotopic (exact) mass is 258 g/mol. The zero-order valence-electron chi connectivity index (χ0n) is 8.64. The van der Waals surface area contributed by atoms with Gasteiger partial charge in [0.05, 0.1) is 5.69 Å². The highest BCUT2D eigenvalue weighted by atomic mass is 35.5. The first-order valence-corrected chi connectivity index (χ1v) is 5.02. The first-order chi connectivity index (χ1) is 7.99. The van der Waals surface area contributed by atoms with Crippen LogP contribution in [0.4, 0.5) is 13.2 Å². The summed E-state index contributed by atoms with van der Waals surface area (Å²) >= 11 is 5.61. The highest BCUT2D eigenvalue weighted by Gasteiger charge is 2.16. The van der Waals surface area contributed by atoms with E-state index in [0.717, 1.165) is 12.1 Å². The molecule has 0 amide bonds. The summed E-state index contributed by atoms with van der Waals surface area (Å²) in [6.45, 7) is 1.63. The van der Waals surface area contributed by atoms with Gasteiger partial charge in [-0.05, 0) is 36.7 Å². The van der Waals surface area contributed by atoms with Gasteiger partial charge in [-0.15, -0.1) is 0 Å². The van der Waals surface area contributed by atoms with Crippen LogP contribution in [0.1, 0.15) is 5.69 Å². The van der Waals surface area contributed by atoms with Crippen molar-refractivity contribution in [3.8, 4) is 11.3 Å². The minimum Gasteiger partial charge on any atom is -0.223 e. The number of aromatic nitrogens is 2. The number of hydrogen-bond donors (Lipinski definition) is 0. The van der Waals surface area contributed by atoms with Gasteiger partial charge in [0.25, 0.3) is 0 Å². The molecule has 1 aromatic heterocycles. The summed E-state index contributed by atoms with van der Waals surface area (Å²) in [6.07, 6.45) is 0. The predicted octanol–water partition coefficient (Wildman–Crippen LogP) is 3.52. The number of benzene rings is 1. The third kappa shape index (κ3) is 2.24. The average molecular weight is 259 g/mol. The number of rotatable bonds is 1. The average Bonchev–Trinajstić information content (AvgIpc) is 2.24. The Hall–Kier alpha value is -1.62. The molecule has 1 aromatic carbocycles. The van der Waals surface area contributed by atoms with Crippen LogP contribution in [0.5, 0.6) is 0 Å². The fourth-order valence-corrected chi connectivity index (χ4v) is 1.62. The van der Waals surface area contributed by atoms with Crippen LogP contribution in [0.15, 0.2) is 18.2 Å². The van der Waals surface area contributed by atoms with Crippen molar-refractivity contribution in [3.05, 3.63) is 46.6 Å². The van der Waals surface area contributed by atoms with E-state index in [9.17, 15) is 13.2 Å². The molecule has 0 bridgehead atoms. The fourth-order valence-electron chi connectivity index (χ4n) is 1.39. The normalized spacial score (nSPS) is 10.6. The molecule has 0 saturated carbocycles. The van der Waals surface area contributed by atoms with E-state index < -0.39 is 17.5 Å². The molecule has 2 rings (SSSR count). The summed E-state index contributed by atoms with van der Waals surface area (Å²) in [6, 6.07) is 3.37. The van der Waals surface area contributed by atoms with E-state index in [-0.39, 0.29) is 16.5 Å². The molecule has 17 heavy (non-hydrogen) atoms. The third-order valence-electron chi connectivity index (χ3n) is 2.14. The van der Waals surface area contributed by atoms with Gasteiger partial charge in [0.2, 0.25) is 5.28 Å². The lowest BCUT2D eigenvalue weighted by atomic mass is 10.1. The molecule has 1 heterocycles. The second-order valence-corrected chi connectivity index (χ2v) is 3.72. The zero-order valence-corrected chi connectivity index (χ0v) is 9.39. The fraction of sp³-hybridized carbons (Fsp3) is 0.0909. The van der Waals surface area contributed by atoms with Gasteiger partial charge in [0.1, 0.15) is 0 Å². The van der Waals surface area contributed by atoms with Crippen molar-refractivity contribution in [2.45, 2.75) is 6.92 Å². The maximum absolute atomic E-state index is 13.5. The molecule has 0 unspecified atom stereocenters. The van der Waals surface area contributed by atoms with Gasteiger partial charge in [0.15, 0.2) is 17.5 Å². The van der Waals surface area contributed by atoms with Gasteiger partial charge >= 0.3 is 0 Å². The molecule has 0 fully saturated rings. The van der Waals surface area contributed by atoms with Gasteiger partial charge in [-0.2, -0.15) is 0 Å². The maximum Gasteiger partial charge on any atom is 0.223 e. The molecule has 6 heteroatoms. The van der Waals surface area contributed by atoms with Gasteiger partial charge in [-0.25, -0.2) is 23.1 Å². The number of nitrogens with zero attached hydrogens (tertiary/aromatic N) is 2. The molecule has 0 aliphatic rings. The smallest absolute Gasteiger partial charge is 0.223 e. The highest BCUT2D eigenvalue weighted by Crippen LogP contribution is 2.25. The highest BCUT2D eigenvalue weighted by molar-refractivity contribution is 6.28. The number of hydrogen-bond acceptors (Lipinski definition) is 2. The van der Waals surface area contributed by atoms with Crippen molar-refractivity contribution in [1.82, 2.24) is 9.97 Å². The van der Waals surface area contributed by atoms with Crippen LogP contribution >= 0.6 is 11.6 Å². The van der Waals surface area contributed by atoms with Crippen LogP contribution in [0.3, 0.4) is 0 Å². The molecule has 0 atom stereocenters. The molecular weight excluding hydrogens is 253 g/mol. The lowest BCUT2D eigenvalue weighted by Crippen LogP contribution is -1.97. The van der Waals surface area contributed by atoms with E-state index in [4.69, 9.17) is 11.6 Å². The summed E-state index contributed by atoms with van der Waals surface area (Å²) in [7, 11) is 0. The summed E-state index contributed by atoms with van der Waals surface area (Å²) in [5.74, 6) is -4.07. The van der Waals surface area contributed by atoms with Crippen molar-refractivity contribution >= 4 is 11.6 Å². The minimum atomic E-state index is -1.53. The topological polar surface area (TPSA) is 25.8 Å². The van der Waals surface area contributed by atoms with E-state index in [1.54, 1.807) is 6.92 Å². The summed E-state index contributed by atoms with van der Waals surface area (Å²) in [5, 5.41) is -0.0795. The lowest BCUT2D eigenvalue weighted by molar-refractivity contribution is 0.449. The lowest BCUT2D eigenvalue weighted by Gasteiger charge is -2.05. The Kier molecular flexibility index (Phi) is 3.02. The molecule has 0 spiro atoms. The van der Waals surface area contributed by atoms with E-state index >= 15 is 0 Å². The van der Waals surface area contributed by atoms with E-state index in [1.165, 1.54) is 6.07 Å². The zero-order chi connectivity index (χ0) is 12.6. The first-order valence-electron chi connectivity index (χ1n) is 4.64. The molecule has 2 nitrogen and oxygen atoms in total. The SMILES string of the molecule is Cc1cc(-c2ccc(F)c(F)c2F)nc(Cl)n1. The van der Waals surface area contributed by atoms with E-state index in [0.29, 0.717) is 5.69 Å². The molecule has 0 saturated heterocycles. The second-order valence-electron chi connectivity index (χ2n) is 3.39. The number of halogens is 4. The van der Waals surface area contributed by atoms with Crippen LogP contribution in [-0.2, 0) is 0 Å². The van der Waals surface area contributed by atoms with Crippen molar-refractivity contribution in [1.29, 1.82) is 0 Å². The van der Waals surface area contributed by atoms with Crippen molar-refractivity contribution in [3.63, 3.8) is 0 Å². The quantitative estimate of drug-likeness (QED) is 0.578. The van der Waals surface area contributed by atoms with Gasteiger partial charge in [0, 0.05) is 11.3 Å². The van der Waals surface area contributed by atoms with Gasteiger partial charge in [-0.1, -0.05) is 0 Å². The molecule has 2 aromatic rings. The van der Waals surface area contributed by atoms with Crippen LogP contribution in [0.2, 0.25) is 5.28 Å². The van der Waals surface area contributed by atoms with Crippen LogP contribution in [0, 0.1) is 24.4 Å². The summed E-state index contributed by atoms with van der Waals surface area (Å²) < 4.78 is 39.3. The molecule has 0 aliphatic carbocycles. The summed E-state index contributed by atoms with van der Waals surface area (Å²) in [5.41, 5.74) is 0.458. The third-order valence-corrected chi connectivity index (χ3v) is 2.31. The standard InChI is InChI=1S/C11H6ClF3N2/c1-5-4-8(17-11(12)16-5)6-2-3-7(13)10(15)9(6)14/h2-4H,1H3. The van der Waals surface area contributed by atoms with Crippen molar-refractivity contribution in [2.75, 3.05) is 0 Å². The van der Waals surface area contributed by atoms with Crippen LogP contribution in [-0.4, -0.2) is 9.97 Å². The Labute approximate surface area is 100 Å². The maximum atomic E-state index is 13.5. The van der Waals surface area contributed by atoms with Crippen LogP contribution < -0.4 is 0 Å². The molecule has 88 valence electrons. The predicted molar refractivity (Wildman–Crippen MR) is 57.1 cm³/mol. The molecule has 0 N–H and O–H groups in total. The molecule has 0 aliphatic heterocycles. The summed E-state index contributed by atoms with van der Waals surface area (Å²) in [4.78, 5) is 7.55. The van der Waals surface area contributed by atoms with E-state index in [1.807, 2.05) is 0 Å². The Morgan fingerprint density at radius 3 is 2.41 bits per heavy atom. The Morgan fingerprint density at radius 2 is 1.76 bits per heavy atom. The Morgan fingerprint density at radius 1 is 1.06 bits per heavy atom. The van der Waals surface area contributed by atoms with Crippen molar-refractivity contribution in [2.24, 2.45) is 0 Å². The molecular formula is C11H6ClF3N2. The second kappa shape index (κ2) is 4.33. The van der Waals surface area contributed by atoms with Gasteiger partial charge in [-0.3, -0.25) is 0 Å². The first kappa shape index (κ1) is 11.9. The van der Waals surface area contributed by atoms with Crippen molar-refractivity contribution < 1.29 is 13.2 Å². The Balaban J connectivity index is 2.64.